The molecule has 2 rings (SSSR count). The van der Waals surface area contributed by atoms with Crippen LogP contribution in [-0.4, -0.2) is 37.6 Å². The number of carbonyl (C=O) groups is 1. The van der Waals surface area contributed by atoms with Crippen LogP contribution in [0.25, 0.3) is 0 Å². The van der Waals surface area contributed by atoms with E-state index in [0.717, 1.165) is 5.76 Å². The average Bonchev–Trinajstić information content (AvgIpc) is 3.09. The standard InChI is InChI=1S/C20H28N2O3/c1-14(2)16-8-10-17(11-9-16)25-15(3)20(23)21-13-18(22(4)5)19-7-6-12-24-19/h6-12,14-15,18H,13H2,1-5H3,(H,21,23). The van der Waals surface area contributed by atoms with Gasteiger partial charge in [0, 0.05) is 6.54 Å². The van der Waals surface area contributed by atoms with Crippen molar-refractivity contribution in [2.45, 2.75) is 38.8 Å². The zero-order chi connectivity index (χ0) is 18.4. The SMILES string of the molecule is CC(Oc1ccc(C(C)C)cc1)C(=O)NCC(c1ccco1)N(C)C. The lowest BCUT2D eigenvalue weighted by molar-refractivity contribution is -0.127. The first-order valence-electron chi connectivity index (χ1n) is 8.62. The van der Waals surface area contributed by atoms with E-state index >= 15 is 0 Å². The molecular formula is C20H28N2O3. The normalized spacial score (nSPS) is 13.7. The van der Waals surface area contributed by atoms with Gasteiger partial charge in [0.1, 0.15) is 11.5 Å². The van der Waals surface area contributed by atoms with Crippen molar-refractivity contribution in [3.05, 3.63) is 54.0 Å². The Bertz CT molecular complexity index is 648. The molecule has 1 aromatic carbocycles. The minimum absolute atomic E-state index is 0.0172. The molecule has 0 fully saturated rings. The van der Waals surface area contributed by atoms with E-state index in [1.165, 1.54) is 5.56 Å². The third-order valence-corrected chi connectivity index (χ3v) is 4.19. The van der Waals surface area contributed by atoms with E-state index in [2.05, 4.69) is 19.2 Å². The number of nitrogens with zero attached hydrogens (tertiary/aromatic N) is 1. The molecule has 0 bridgehead atoms. The van der Waals surface area contributed by atoms with E-state index in [1.807, 2.05) is 55.4 Å². The van der Waals surface area contributed by atoms with Crippen LogP contribution in [0.4, 0.5) is 0 Å². The zero-order valence-electron chi connectivity index (χ0n) is 15.7. The van der Waals surface area contributed by atoms with Crippen molar-refractivity contribution >= 4 is 5.91 Å². The molecule has 1 aromatic heterocycles. The van der Waals surface area contributed by atoms with Crippen LogP contribution in [0.3, 0.4) is 0 Å². The van der Waals surface area contributed by atoms with Crippen LogP contribution in [0, 0.1) is 0 Å². The van der Waals surface area contributed by atoms with Crippen LogP contribution in [0.15, 0.2) is 47.1 Å². The van der Waals surface area contributed by atoms with Crippen molar-refractivity contribution in [3.8, 4) is 5.75 Å². The number of carbonyl (C=O) groups excluding carboxylic acids is 1. The van der Waals surface area contributed by atoms with Crippen LogP contribution >= 0.6 is 0 Å². The summed E-state index contributed by atoms with van der Waals surface area (Å²) < 4.78 is 11.2. The van der Waals surface area contributed by atoms with Crippen LogP contribution in [-0.2, 0) is 4.79 Å². The molecule has 2 aromatic rings. The molecule has 1 heterocycles. The van der Waals surface area contributed by atoms with Gasteiger partial charge in [-0.3, -0.25) is 9.69 Å². The lowest BCUT2D eigenvalue weighted by Gasteiger charge is -2.23. The number of hydrogen-bond donors (Lipinski definition) is 1. The fourth-order valence-electron chi connectivity index (χ4n) is 2.55. The molecule has 136 valence electrons. The molecule has 0 saturated carbocycles. The Kier molecular flexibility index (Phi) is 6.65. The number of furan rings is 1. The lowest BCUT2D eigenvalue weighted by atomic mass is 10.0. The number of amides is 1. The fraction of sp³-hybridized carbons (Fsp3) is 0.450. The quantitative estimate of drug-likeness (QED) is 0.795. The van der Waals surface area contributed by atoms with Gasteiger partial charge >= 0.3 is 0 Å². The Morgan fingerprint density at radius 2 is 1.84 bits per heavy atom. The maximum Gasteiger partial charge on any atom is 0.260 e. The number of rotatable bonds is 8. The third-order valence-electron chi connectivity index (χ3n) is 4.19. The van der Waals surface area contributed by atoms with Crippen LogP contribution in [0.2, 0.25) is 0 Å². The van der Waals surface area contributed by atoms with Crippen molar-refractivity contribution < 1.29 is 13.9 Å². The van der Waals surface area contributed by atoms with E-state index in [4.69, 9.17) is 9.15 Å². The summed E-state index contributed by atoms with van der Waals surface area (Å²) in [6, 6.07) is 11.6. The van der Waals surface area contributed by atoms with E-state index in [0.29, 0.717) is 18.2 Å². The van der Waals surface area contributed by atoms with Crippen molar-refractivity contribution in [1.29, 1.82) is 0 Å². The molecule has 0 radical (unpaired) electrons. The zero-order valence-corrected chi connectivity index (χ0v) is 15.7. The molecule has 5 heteroatoms. The highest BCUT2D eigenvalue weighted by Gasteiger charge is 2.20. The number of nitrogens with one attached hydrogen (secondary N) is 1. The molecule has 0 saturated heterocycles. The first kappa shape index (κ1) is 19.1. The molecule has 0 aliphatic heterocycles. The lowest BCUT2D eigenvalue weighted by Crippen LogP contribution is -2.40. The second-order valence-electron chi connectivity index (χ2n) is 6.72. The summed E-state index contributed by atoms with van der Waals surface area (Å²) in [6.45, 7) is 6.50. The van der Waals surface area contributed by atoms with Crippen LogP contribution in [0.1, 0.15) is 44.1 Å². The molecule has 1 N–H and O–H groups in total. The van der Waals surface area contributed by atoms with Crippen molar-refractivity contribution in [2.24, 2.45) is 0 Å². The average molecular weight is 344 g/mol. The van der Waals surface area contributed by atoms with E-state index < -0.39 is 6.10 Å². The van der Waals surface area contributed by atoms with Crippen LogP contribution in [0.5, 0.6) is 5.75 Å². The number of benzene rings is 1. The highest BCUT2D eigenvalue weighted by atomic mass is 16.5. The van der Waals surface area contributed by atoms with E-state index in [1.54, 1.807) is 13.2 Å². The van der Waals surface area contributed by atoms with Crippen molar-refractivity contribution in [3.63, 3.8) is 0 Å². The third kappa shape index (κ3) is 5.36. The summed E-state index contributed by atoms with van der Waals surface area (Å²) in [4.78, 5) is 14.3. The largest absolute Gasteiger partial charge is 0.481 e. The van der Waals surface area contributed by atoms with Gasteiger partial charge in [-0.2, -0.15) is 0 Å². The van der Waals surface area contributed by atoms with Gasteiger partial charge in [0.2, 0.25) is 0 Å². The fourth-order valence-corrected chi connectivity index (χ4v) is 2.55. The van der Waals surface area contributed by atoms with Gasteiger partial charge in [0.05, 0.1) is 12.3 Å². The predicted octanol–water partition coefficient (Wildman–Crippen LogP) is 3.59. The van der Waals surface area contributed by atoms with E-state index in [-0.39, 0.29) is 11.9 Å². The van der Waals surface area contributed by atoms with E-state index in [9.17, 15) is 4.79 Å². The Hall–Kier alpha value is -2.27. The second-order valence-corrected chi connectivity index (χ2v) is 6.72. The Morgan fingerprint density at radius 3 is 2.36 bits per heavy atom. The Balaban J connectivity index is 1.89. The molecule has 5 nitrogen and oxygen atoms in total. The van der Waals surface area contributed by atoms with Gasteiger partial charge in [0.15, 0.2) is 6.10 Å². The Morgan fingerprint density at radius 1 is 1.16 bits per heavy atom. The van der Waals surface area contributed by atoms with Gasteiger partial charge in [-0.15, -0.1) is 0 Å². The van der Waals surface area contributed by atoms with Gasteiger partial charge in [-0.25, -0.2) is 0 Å². The molecule has 2 atom stereocenters. The number of hydrogen-bond acceptors (Lipinski definition) is 4. The highest BCUT2D eigenvalue weighted by molar-refractivity contribution is 5.80. The molecule has 0 aliphatic rings. The molecule has 25 heavy (non-hydrogen) atoms. The smallest absolute Gasteiger partial charge is 0.260 e. The monoisotopic (exact) mass is 344 g/mol. The second kappa shape index (κ2) is 8.72. The summed E-state index contributed by atoms with van der Waals surface area (Å²) in [5.41, 5.74) is 1.25. The molecule has 0 aliphatic carbocycles. The van der Waals surface area contributed by atoms with Crippen molar-refractivity contribution in [1.82, 2.24) is 10.2 Å². The maximum absolute atomic E-state index is 12.3. The summed E-state index contributed by atoms with van der Waals surface area (Å²) >= 11 is 0. The molecule has 0 spiro atoms. The molecule has 2 unspecified atom stereocenters. The summed E-state index contributed by atoms with van der Waals surface area (Å²) in [7, 11) is 3.91. The highest BCUT2D eigenvalue weighted by Crippen LogP contribution is 2.20. The number of ether oxygens (including phenoxy) is 1. The van der Waals surface area contributed by atoms with Gasteiger partial charge in [-0.1, -0.05) is 26.0 Å². The van der Waals surface area contributed by atoms with Crippen molar-refractivity contribution in [2.75, 3.05) is 20.6 Å². The van der Waals surface area contributed by atoms with Crippen LogP contribution < -0.4 is 10.1 Å². The number of likely N-dealkylation sites (N-methyl/N-ethyl adjacent to an activating group) is 1. The van der Waals surface area contributed by atoms with Gasteiger partial charge in [-0.05, 0) is 56.8 Å². The minimum Gasteiger partial charge on any atom is -0.481 e. The summed E-state index contributed by atoms with van der Waals surface area (Å²) in [5.74, 6) is 1.84. The topological polar surface area (TPSA) is 54.7 Å². The first-order chi connectivity index (χ1) is 11.9. The summed E-state index contributed by atoms with van der Waals surface area (Å²) in [5, 5.41) is 2.94. The van der Waals surface area contributed by atoms with Gasteiger partial charge in [0.25, 0.3) is 5.91 Å². The maximum atomic E-state index is 12.3. The Labute approximate surface area is 150 Å². The predicted molar refractivity (Wildman–Crippen MR) is 98.8 cm³/mol. The minimum atomic E-state index is -0.565. The van der Waals surface area contributed by atoms with Gasteiger partial charge < -0.3 is 14.5 Å². The summed E-state index contributed by atoms with van der Waals surface area (Å²) in [6.07, 6.45) is 1.07. The molecular weight excluding hydrogens is 316 g/mol. The first-order valence-corrected chi connectivity index (χ1v) is 8.62. The molecule has 1 amide bonds.